The molecule has 246 valence electrons. The first-order chi connectivity index (χ1) is 24.0. The van der Waals surface area contributed by atoms with Crippen LogP contribution in [0.2, 0.25) is 0 Å². The minimum Gasteiger partial charge on any atom is -0.310 e. The molecule has 0 spiro atoms. The molecule has 0 saturated heterocycles. The van der Waals surface area contributed by atoms with E-state index in [9.17, 15) is 0 Å². The van der Waals surface area contributed by atoms with Gasteiger partial charge >= 0.3 is 0 Å². The van der Waals surface area contributed by atoms with Crippen LogP contribution >= 0.6 is 0 Å². The molecule has 50 heavy (non-hydrogen) atoms. The second-order valence-corrected chi connectivity index (χ2v) is 16.4. The molecule has 0 bridgehead atoms. The summed E-state index contributed by atoms with van der Waals surface area (Å²) < 4.78 is 0. The van der Waals surface area contributed by atoms with E-state index in [1.54, 1.807) is 0 Å². The molecular weight excluding hydrogens is 603 g/mol. The third-order valence-corrected chi connectivity index (χ3v) is 12.1. The number of para-hydroxylation sites is 1. The van der Waals surface area contributed by atoms with Crippen molar-refractivity contribution in [3.8, 4) is 22.3 Å². The minimum absolute atomic E-state index is 0.0500. The molecule has 0 radical (unpaired) electrons. The van der Waals surface area contributed by atoms with E-state index in [1.807, 2.05) is 0 Å². The van der Waals surface area contributed by atoms with Crippen molar-refractivity contribution in [1.82, 2.24) is 0 Å². The Morgan fingerprint density at radius 3 is 1.88 bits per heavy atom. The fourth-order valence-corrected chi connectivity index (χ4v) is 9.22. The van der Waals surface area contributed by atoms with Crippen LogP contribution in [0, 0.1) is 0 Å². The van der Waals surface area contributed by atoms with Gasteiger partial charge < -0.3 is 4.90 Å². The summed E-state index contributed by atoms with van der Waals surface area (Å²) in [4.78, 5) is 2.52. The molecule has 9 rings (SSSR count). The molecule has 1 nitrogen and oxygen atoms in total. The molecule has 0 N–H and O–H groups in total. The average Bonchev–Trinajstić information content (AvgIpc) is 3.35. The van der Waals surface area contributed by atoms with Crippen molar-refractivity contribution in [1.29, 1.82) is 0 Å². The maximum atomic E-state index is 2.54. The molecule has 0 saturated carbocycles. The first-order valence-corrected chi connectivity index (χ1v) is 18.2. The van der Waals surface area contributed by atoms with Crippen molar-refractivity contribution in [2.45, 2.75) is 70.6 Å². The molecule has 0 amide bonds. The summed E-state index contributed by atoms with van der Waals surface area (Å²) in [5, 5.41) is 5.08. The van der Waals surface area contributed by atoms with E-state index >= 15 is 0 Å². The van der Waals surface area contributed by atoms with Crippen molar-refractivity contribution in [2.24, 2.45) is 0 Å². The van der Waals surface area contributed by atoms with Gasteiger partial charge in [0.25, 0.3) is 0 Å². The molecule has 0 heterocycles. The van der Waals surface area contributed by atoms with Crippen LogP contribution < -0.4 is 4.90 Å². The van der Waals surface area contributed by atoms with Crippen molar-refractivity contribution >= 4 is 38.6 Å². The molecular formula is C49H45N. The first kappa shape index (κ1) is 30.9. The van der Waals surface area contributed by atoms with Gasteiger partial charge in [-0.05, 0) is 121 Å². The highest BCUT2D eigenvalue weighted by molar-refractivity contribution is 6.09. The molecule has 0 unspecified atom stereocenters. The predicted octanol–water partition coefficient (Wildman–Crippen LogP) is 13.8. The van der Waals surface area contributed by atoms with Crippen LogP contribution in [0.5, 0.6) is 0 Å². The van der Waals surface area contributed by atoms with Crippen LogP contribution in [0.15, 0.2) is 140 Å². The van der Waals surface area contributed by atoms with Crippen molar-refractivity contribution in [2.75, 3.05) is 4.90 Å². The Morgan fingerprint density at radius 1 is 0.420 bits per heavy atom. The van der Waals surface area contributed by atoms with E-state index in [0.717, 1.165) is 5.69 Å². The molecule has 1 heteroatoms. The molecule has 0 aromatic heterocycles. The summed E-state index contributed by atoms with van der Waals surface area (Å²) in [5.74, 6) is 0. The zero-order valence-electron chi connectivity index (χ0n) is 30.1. The van der Waals surface area contributed by atoms with Crippen LogP contribution in [-0.2, 0) is 16.2 Å². The number of rotatable bonds is 4. The highest BCUT2D eigenvalue weighted by Crippen LogP contribution is 2.56. The Balaban J connectivity index is 1.40. The van der Waals surface area contributed by atoms with Gasteiger partial charge in [0.05, 0.1) is 5.69 Å². The SMILES string of the molecule is CC1(C)CCC(C)(C)c2c(-c3cc4c(cc3N(c3ccccc3)c3ccc5ccc6ccccc6c5c3)C(C)(C)c3ccccc3-4)cccc21. The minimum atomic E-state index is -0.126. The van der Waals surface area contributed by atoms with Crippen LogP contribution in [-0.4, -0.2) is 0 Å². The zero-order valence-corrected chi connectivity index (χ0v) is 30.1. The van der Waals surface area contributed by atoms with E-state index in [2.05, 4.69) is 186 Å². The fourth-order valence-electron chi connectivity index (χ4n) is 9.22. The first-order valence-electron chi connectivity index (χ1n) is 18.2. The summed E-state index contributed by atoms with van der Waals surface area (Å²) in [6.07, 6.45) is 2.36. The highest BCUT2D eigenvalue weighted by atomic mass is 15.1. The number of hydrogen-bond donors (Lipinski definition) is 0. The molecule has 0 aliphatic heterocycles. The Kier molecular flexibility index (Phi) is 6.75. The average molecular weight is 648 g/mol. The van der Waals surface area contributed by atoms with Gasteiger partial charge in [0.2, 0.25) is 0 Å². The van der Waals surface area contributed by atoms with E-state index in [1.165, 1.54) is 90.3 Å². The number of nitrogens with zero attached hydrogens (tertiary/aromatic N) is 1. The molecule has 2 aliphatic rings. The van der Waals surface area contributed by atoms with Crippen LogP contribution in [0.3, 0.4) is 0 Å². The lowest BCUT2D eigenvalue weighted by molar-refractivity contribution is 0.333. The summed E-state index contributed by atoms with van der Waals surface area (Å²) in [7, 11) is 0. The second-order valence-electron chi connectivity index (χ2n) is 16.4. The normalized spacial score (nSPS) is 16.5. The van der Waals surface area contributed by atoms with E-state index in [0.29, 0.717) is 0 Å². The van der Waals surface area contributed by atoms with E-state index in [-0.39, 0.29) is 16.2 Å². The molecule has 0 fully saturated rings. The monoisotopic (exact) mass is 647 g/mol. The molecule has 7 aromatic carbocycles. The Labute approximate surface area is 297 Å². The van der Waals surface area contributed by atoms with Gasteiger partial charge in [-0.25, -0.2) is 0 Å². The van der Waals surface area contributed by atoms with Crippen molar-refractivity contribution in [3.63, 3.8) is 0 Å². The van der Waals surface area contributed by atoms with Gasteiger partial charge in [-0.3, -0.25) is 0 Å². The maximum Gasteiger partial charge on any atom is 0.0543 e. The fraction of sp³-hybridized carbons (Fsp3) is 0.224. The lowest BCUT2D eigenvalue weighted by atomic mass is 9.61. The molecule has 2 aliphatic carbocycles. The molecule has 0 atom stereocenters. The Morgan fingerprint density at radius 2 is 1.06 bits per heavy atom. The number of benzene rings is 7. The van der Waals surface area contributed by atoms with Gasteiger partial charge in [-0.1, -0.05) is 145 Å². The van der Waals surface area contributed by atoms with Crippen LogP contribution in [0.1, 0.15) is 76.6 Å². The third-order valence-electron chi connectivity index (χ3n) is 12.1. The van der Waals surface area contributed by atoms with E-state index in [4.69, 9.17) is 0 Å². The standard InChI is InChI=1S/C49H45N/c1-47(2)27-28-48(3,4)46-38(20-14-22-43(46)47)41-30-40-37-19-12-13-21-42(37)49(5,6)44(40)31-45(41)50(34-16-8-7-9-17-34)35-26-25-33-24-23-32-15-10-11-18-36(32)39(33)29-35/h7-26,29-31H,27-28H2,1-6H3. The maximum absolute atomic E-state index is 2.54. The zero-order chi connectivity index (χ0) is 34.4. The second kappa shape index (κ2) is 10.9. The topological polar surface area (TPSA) is 3.24 Å². The Hall–Kier alpha value is -5.14. The number of hydrogen-bond acceptors (Lipinski definition) is 1. The van der Waals surface area contributed by atoms with Crippen molar-refractivity contribution in [3.05, 3.63) is 162 Å². The van der Waals surface area contributed by atoms with Crippen LogP contribution in [0.4, 0.5) is 17.1 Å². The summed E-state index contributed by atoms with van der Waals surface area (Å²) in [6.45, 7) is 14.6. The lowest BCUT2D eigenvalue weighted by Gasteiger charge is -2.43. The van der Waals surface area contributed by atoms with Gasteiger partial charge in [0.1, 0.15) is 0 Å². The quantitative estimate of drug-likeness (QED) is 0.172. The van der Waals surface area contributed by atoms with Gasteiger partial charge in [-0.2, -0.15) is 0 Å². The predicted molar refractivity (Wildman–Crippen MR) is 214 cm³/mol. The third kappa shape index (κ3) is 4.59. The Bertz CT molecular complexity index is 2460. The summed E-state index contributed by atoms with van der Waals surface area (Å²) in [5.41, 5.74) is 14.7. The summed E-state index contributed by atoms with van der Waals surface area (Å²) in [6, 6.07) is 52.5. The number of fused-ring (bicyclic) bond motifs is 7. The van der Waals surface area contributed by atoms with E-state index < -0.39 is 0 Å². The number of anilines is 3. The van der Waals surface area contributed by atoms with Gasteiger partial charge in [0.15, 0.2) is 0 Å². The van der Waals surface area contributed by atoms with Crippen LogP contribution in [0.25, 0.3) is 43.8 Å². The summed E-state index contributed by atoms with van der Waals surface area (Å²) >= 11 is 0. The van der Waals surface area contributed by atoms with Gasteiger partial charge in [0, 0.05) is 22.4 Å². The van der Waals surface area contributed by atoms with Crippen molar-refractivity contribution < 1.29 is 0 Å². The van der Waals surface area contributed by atoms with Gasteiger partial charge in [-0.15, -0.1) is 0 Å². The lowest BCUT2D eigenvalue weighted by Crippen LogP contribution is -2.34. The largest absolute Gasteiger partial charge is 0.310 e. The highest BCUT2D eigenvalue weighted by Gasteiger charge is 2.41. The molecule has 7 aromatic rings. The smallest absolute Gasteiger partial charge is 0.0543 e.